The summed E-state index contributed by atoms with van der Waals surface area (Å²) in [6.45, 7) is 15.0. The molecule has 160 valence electrons. The van der Waals surface area contributed by atoms with Gasteiger partial charge in [-0.3, -0.25) is 0 Å². The predicted octanol–water partition coefficient (Wildman–Crippen LogP) is 8.68. The first-order chi connectivity index (χ1) is 11.9. The van der Waals surface area contributed by atoms with Crippen molar-refractivity contribution < 1.29 is 17.6 Å². The molecule has 0 saturated heterocycles. The fraction of sp³-hybridized carbons (Fsp3) is 0.500. The monoisotopic (exact) mass is 400 g/mol. The summed E-state index contributed by atoms with van der Waals surface area (Å²) >= 11 is 0. The van der Waals surface area contributed by atoms with E-state index in [0.717, 1.165) is 6.92 Å². The molecule has 0 heterocycles. The number of rotatable bonds is 2. The van der Waals surface area contributed by atoms with E-state index in [4.69, 9.17) is 0 Å². The van der Waals surface area contributed by atoms with E-state index in [1.165, 1.54) is 36.1 Å². The Morgan fingerprint density at radius 2 is 0.893 bits per heavy atom. The van der Waals surface area contributed by atoms with E-state index < -0.39 is 40.3 Å². The standard InChI is InChI=1S/C12H18.C10H10F4.2CH4/c1-8(2)12-10(4)6-9(3)7-11(12)5;1-4(2)6-9(13)7(11)5(3)8(12)10(6)14;;/h6-8H,1-5H3;4H,1-3H3;2*1H4. The highest BCUT2D eigenvalue weighted by Crippen LogP contribution is 2.28. The second-order valence-corrected chi connectivity index (χ2v) is 7.42. The smallest absolute Gasteiger partial charge is 0.165 e. The lowest BCUT2D eigenvalue weighted by Crippen LogP contribution is -2.07. The van der Waals surface area contributed by atoms with Crippen molar-refractivity contribution in [3.63, 3.8) is 0 Å². The Morgan fingerprint density at radius 1 is 0.571 bits per heavy atom. The topological polar surface area (TPSA) is 0 Å². The summed E-state index contributed by atoms with van der Waals surface area (Å²) in [5.41, 5.74) is 4.59. The van der Waals surface area contributed by atoms with E-state index in [0.29, 0.717) is 5.92 Å². The van der Waals surface area contributed by atoms with Gasteiger partial charge in [-0.25, -0.2) is 17.6 Å². The molecule has 0 N–H and O–H groups in total. The highest BCUT2D eigenvalue weighted by atomic mass is 19.2. The minimum Gasteiger partial charge on any atom is -0.203 e. The van der Waals surface area contributed by atoms with Crippen LogP contribution in [-0.2, 0) is 0 Å². The van der Waals surface area contributed by atoms with Gasteiger partial charge in [0.25, 0.3) is 0 Å². The van der Waals surface area contributed by atoms with Crippen molar-refractivity contribution in [3.05, 3.63) is 68.8 Å². The van der Waals surface area contributed by atoms with Crippen LogP contribution in [0.1, 0.15) is 87.8 Å². The van der Waals surface area contributed by atoms with Crippen LogP contribution in [0.25, 0.3) is 0 Å². The molecule has 0 atom stereocenters. The molecule has 0 amide bonds. The lowest BCUT2D eigenvalue weighted by atomic mass is 9.92. The van der Waals surface area contributed by atoms with Gasteiger partial charge in [-0.05, 0) is 56.2 Å². The maximum Gasteiger partial charge on any atom is 0.165 e. The van der Waals surface area contributed by atoms with Crippen molar-refractivity contribution in [3.8, 4) is 0 Å². The van der Waals surface area contributed by atoms with Crippen LogP contribution >= 0.6 is 0 Å². The molecule has 2 rings (SSSR count). The molecule has 0 fully saturated rings. The number of benzene rings is 2. The minimum absolute atomic E-state index is 0. The van der Waals surface area contributed by atoms with E-state index in [1.807, 2.05) is 0 Å². The molecule has 0 spiro atoms. The zero-order chi connectivity index (χ0) is 20.3. The SMILES string of the molecule is C.C.Cc1c(F)c(F)c(C(C)C)c(F)c1F.Cc1cc(C)c(C(C)C)c(C)c1. The first-order valence-electron chi connectivity index (χ1n) is 8.80. The van der Waals surface area contributed by atoms with Gasteiger partial charge >= 0.3 is 0 Å². The van der Waals surface area contributed by atoms with Crippen molar-refractivity contribution in [2.45, 2.75) is 82.1 Å². The van der Waals surface area contributed by atoms with Crippen molar-refractivity contribution in [2.75, 3.05) is 0 Å². The van der Waals surface area contributed by atoms with Crippen LogP contribution in [0.3, 0.4) is 0 Å². The zero-order valence-corrected chi connectivity index (χ0v) is 16.8. The second-order valence-electron chi connectivity index (χ2n) is 7.42. The Morgan fingerprint density at radius 3 is 1.18 bits per heavy atom. The minimum atomic E-state index is -1.31. The molecule has 0 saturated carbocycles. The molecule has 4 heteroatoms. The van der Waals surface area contributed by atoms with E-state index >= 15 is 0 Å². The lowest BCUT2D eigenvalue weighted by molar-refractivity contribution is 0.425. The lowest BCUT2D eigenvalue weighted by Gasteiger charge is -2.14. The average Bonchev–Trinajstić information content (AvgIpc) is 2.50. The summed E-state index contributed by atoms with van der Waals surface area (Å²) in [7, 11) is 0. The fourth-order valence-electron chi connectivity index (χ4n) is 3.37. The van der Waals surface area contributed by atoms with Crippen molar-refractivity contribution >= 4 is 0 Å². The summed E-state index contributed by atoms with van der Waals surface area (Å²) in [5.74, 6) is -5.17. The van der Waals surface area contributed by atoms with Gasteiger partial charge in [-0.1, -0.05) is 60.2 Å². The van der Waals surface area contributed by atoms with Crippen molar-refractivity contribution in [1.29, 1.82) is 0 Å². The number of hydrogen-bond donors (Lipinski definition) is 0. The number of aryl methyl sites for hydroxylation is 3. The maximum atomic E-state index is 13.2. The zero-order valence-electron chi connectivity index (χ0n) is 16.8. The molecule has 0 unspecified atom stereocenters. The van der Waals surface area contributed by atoms with Gasteiger partial charge in [0.1, 0.15) is 0 Å². The number of hydrogen-bond acceptors (Lipinski definition) is 0. The highest BCUT2D eigenvalue weighted by molar-refractivity contribution is 5.39. The first kappa shape index (κ1) is 28.4. The molecule has 0 radical (unpaired) electrons. The molecule has 0 bridgehead atoms. The van der Waals surface area contributed by atoms with Crippen LogP contribution in [0.5, 0.6) is 0 Å². The predicted molar refractivity (Wildman–Crippen MR) is 113 cm³/mol. The van der Waals surface area contributed by atoms with Crippen molar-refractivity contribution in [2.24, 2.45) is 0 Å². The van der Waals surface area contributed by atoms with E-state index in [1.54, 1.807) is 0 Å². The van der Waals surface area contributed by atoms with E-state index in [2.05, 4.69) is 46.8 Å². The fourth-order valence-corrected chi connectivity index (χ4v) is 3.37. The average molecular weight is 401 g/mol. The summed E-state index contributed by atoms with van der Waals surface area (Å²) in [4.78, 5) is 0. The van der Waals surface area contributed by atoms with Gasteiger partial charge in [-0.2, -0.15) is 0 Å². The van der Waals surface area contributed by atoms with Crippen LogP contribution in [0.4, 0.5) is 17.6 Å². The van der Waals surface area contributed by atoms with E-state index in [9.17, 15) is 17.6 Å². The Kier molecular flexibility index (Phi) is 11.4. The van der Waals surface area contributed by atoms with Crippen LogP contribution in [-0.4, -0.2) is 0 Å². The molecule has 28 heavy (non-hydrogen) atoms. The summed E-state index contributed by atoms with van der Waals surface area (Å²) in [5, 5.41) is 0. The van der Waals surface area contributed by atoms with Gasteiger partial charge in [0, 0.05) is 11.1 Å². The maximum absolute atomic E-state index is 13.2. The third kappa shape index (κ3) is 6.08. The quantitative estimate of drug-likeness (QED) is 0.349. The molecule has 2 aromatic rings. The highest BCUT2D eigenvalue weighted by Gasteiger charge is 2.24. The first-order valence-corrected chi connectivity index (χ1v) is 8.80. The molecule has 0 aliphatic rings. The van der Waals surface area contributed by atoms with Gasteiger partial charge < -0.3 is 0 Å². The Labute approximate surface area is 169 Å². The molecular weight excluding hydrogens is 364 g/mol. The summed E-state index contributed by atoms with van der Waals surface area (Å²) in [6, 6.07) is 4.53. The van der Waals surface area contributed by atoms with E-state index in [-0.39, 0.29) is 14.9 Å². The Balaban J connectivity index is 0. The third-order valence-electron chi connectivity index (χ3n) is 4.41. The Bertz CT molecular complexity index is 738. The molecule has 0 aliphatic carbocycles. The summed E-state index contributed by atoms with van der Waals surface area (Å²) < 4.78 is 52.4. The molecule has 0 nitrogen and oxygen atoms in total. The largest absolute Gasteiger partial charge is 0.203 e. The molecule has 2 aromatic carbocycles. The van der Waals surface area contributed by atoms with Gasteiger partial charge in [0.2, 0.25) is 0 Å². The normalized spacial score (nSPS) is 10.2. The van der Waals surface area contributed by atoms with Crippen LogP contribution in [0.15, 0.2) is 12.1 Å². The Hall–Kier alpha value is -1.84. The molecular formula is C24H36F4. The molecule has 0 aromatic heterocycles. The third-order valence-corrected chi connectivity index (χ3v) is 4.41. The number of halogens is 4. The van der Waals surface area contributed by atoms with Gasteiger partial charge in [0.15, 0.2) is 23.3 Å². The second kappa shape index (κ2) is 11.2. The van der Waals surface area contributed by atoms with Crippen molar-refractivity contribution in [1.82, 2.24) is 0 Å². The summed E-state index contributed by atoms with van der Waals surface area (Å²) in [6.07, 6.45) is 0. The van der Waals surface area contributed by atoms with Crippen LogP contribution in [0, 0.1) is 51.0 Å². The van der Waals surface area contributed by atoms with Crippen LogP contribution < -0.4 is 0 Å². The van der Waals surface area contributed by atoms with Crippen LogP contribution in [0.2, 0.25) is 0 Å². The van der Waals surface area contributed by atoms with Gasteiger partial charge in [-0.15, -0.1) is 0 Å². The molecule has 0 aliphatic heterocycles. The van der Waals surface area contributed by atoms with Gasteiger partial charge in [0.05, 0.1) is 0 Å².